The van der Waals surface area contributed by atoms with Gasteiger partial charge < -0.3 is 14.4 Å². The van der Waals surface area contributed by atoms with Crippen molar-refractivity contribution in [3.05, 3.63) is 60.0 Å². The molecule has 9 heteroatoms. The van der Waals surface area contributed by atoms with Crippen molar-refractivity contribution in [1.82, 2.24) is 19.7 Å². The Morgan fingerprint density at radius 1 is 1.12 bits per heavy atom. The standard InChI is InChI=1S/C25H29FN4O4/c1-4-34-21-9-5-18(6-10-21)24-22(26)23(17-13-15-29(16-14-17)25(31)28(2)32)27-30(24)19-7-11-20(33-3)12-8-19/h5-12,17,32H,4,13-16H2,1-3H3. The lowest BCUT2D eigenvalue weighted by molar-refractivity contribution is -0.0357. The van der Waals surface area contributed by atoms with Crippen LogP contribution in [0.3, 0.4) is 0 Å². The van der Waals surface area contributed by atoms with Crippen molar-refractivity contribution < 1.29 is 23.9 Å². The molecule has 0 spiro atoms. The number of amides is 2. The van der Waals surface area contributed by atoms with Gasteiger partial charge in [0.1, 0.15) is 22.9 Å². The number of hydrogen-bond donors (Lipinski definition) is 1. The second kappa shape index (κ2) is 10.1. The van der Waals surface area contributed by atoms with Crippen LogP contribution < -0.4 is 9.47 Å². The fourth-order valence-electron chi connectivity index (χ4n) is 4.26. The number of halogens is 1. The summed E-state index contributed by atoms with van der Waals surface area (Å²) in [5.41, 5.74) is 2.15. The number of carbonyl (C=O) groups is 1. The Kier molecular flexibility index (Phi) is 7.02. The van der Waals surface area contributed by atoms with E-state index in [0.717, 1.165) is 0 Å². The second-order valence-corrected chi connectivity index (χ2v) is 8.18. The zero-order chi connectivity index (χ0) is 24.2. The first kappa shape index (κ1) is 23.6. The van der Waals surface area contributed by atoms with Crippen LogP contribution in [0.4, 0.5) is 9.18 Å². The number of piperidine rings is 1. The second-order valence-electron chi connectivity index (χ2n) is 8.18. The number of carbonyl (C=O) groups excluding carboxylic acids is 1. The summed E-state index contributed by atoms with van der Waals surface area (Å²) in [5.74, 6) is 0.899. The zero-order valence-corrected chi connectivity index (χ0v) is 19.6. The van der Waals surface area contributed by atoms with Gasteiger partial charge in [0.25, 0.3) is 0 Å². The van der Waals surface area contributed by atoms with Gasteiger partial charge >= 0.3 is 6.03 Å². The van der Waals surface area contributed by atoms with E-state index in [1.165, 1.54) is 7.05 Å². The molecule has 2 heterocycles. The summed E-state index contributed by atoms with van der Waals surface area (Å²) in [6, 6.07) is 14.1. The third kappa shape index (κ3) is 4.70. The van der Waals surface area contributed by atoms with Gasteiger partial charge in [-0.3, -0.25) is 5.21 Å². The molecule has 0 unspecified atom stereocenters. The number of likely N-dealkylation sites (tertiary alicyclic amines) is 1. The average Bonchev–Trinajstić information content (AvgIpc) is 3.21. The molecule has 0 saturated carbocycles. The molecule has 0 atom stereocenters. The lowest BCUT2D eigenvalue weighted by Crippen LogP contribution is -2.43. The van der Waals surface area contributed by atoms with E-state index in [0.29, 0.717) is 71.7 Å². The van der Waals surface area contributed by atoms with Crippen LogP contribution in [0.25, 0.3) is 16.9 Å². The predicted molar refractivity (Wildman–Crippen MR) is 125 cm³/mol. The van der Waals surface area contributed by atoms with E-state index in [1.807, 2.05) is 55.5 Å². The van der Waals surface area contributed by atoms with E-state index >= 15 is 4.39 Å². The van der Waals surface area contributed by atoms with Gasteiger partial charge in [-0.2, -0.15) is 5.10 Å². The Hall–Kier alpha value is -3.59. The largest absolute Gasteiger partial charge is 0.497 e. The van der Waals surface area contributed by atoms with E-state index in [1.54, 1.807) is 16.7 Å². The summed E-state index contributed by atoms with van der Waals surface area (Å²) >= 11 is 0. The molecule has 1 N–H and O–H groups in total. The monoisotopic (exact) mass is 468 g/mol. The van der Waals surface area contributed by atoms with Crippen LogP contribution in [0.2, 0.25) is 0 Å². The highest BCUT2D eigenvalue weighted by Crippen LogP contribution is 2.36. The van der Waals surface area contributed by atoms with E-state index in [2.05, 4.69) is 0 Å². The van der Waals surface area contributed by atoms with E-state index in [4.69, 9.17) is 14.6 Å². The third-order valence-electron chi connectivity index (χ3n) is 6.04. The van der Waals surface area contributed by atoms with Crippen LogP contribution in [0.1, 0.15) is 31.4 Å². The molecular weight excluding hydrogens is 439 g/mol. The number of hydroxylamine groups is 2. The summed E-state index contributed by atoms with van der Waals surface area (Å²) in [7, 11) is 2.89. The van der Waals surface area contributed by atoms with Crippen molar-refractivity contribution in [1.29, 1.82) is 0 Å². The molecule has 0 aliphatic carbocycles. The maximum atomic E-state index is 16.0. The van der Waals surface area contributed by atoms with Gasteiger partial charge in [0.15, 0.2) is 5.82 Å². The highest BCUT2D eigenvalue weighted by atomic mass is 19.1. The molecule has 4 rings (SSSR count). The first-order chi connectivity index (χ1) is 16.4. The molecular formula is C25H29FN4O4. The fraction of sp³-hybridized carbons (Fsp3) is 0.360. The lowest BCUT2D eigenvalue weighted by atomic mass is 9.93. The molecule has 1 aliphatic rings. The van der Waals surface area contributed by atoms with Gasteiger partial charge in [0.2, 0.25) is 0 Å². The van der Waals surface area contributed by atoms with Gasteiger partial charge in [-0.05, 0) is 68.3 Å². The smallest absolute Gasteiger partial charge is 0.343 e. The van der Waals surface area contributed by atoms with Gasteiger partial charge in [0, 0.05) is 31.6 Å². The summed E-state index contributed by atoms with van der Waals surface area (Å²) in [6.07, 6.45) is 1.11. The van der Waals surface area contributed by atoms with Crippen molar-refractivity contribution in [2.24, 2.45) is 0 Å². The Labute approximate surface area is 198 Å². The van der Waals surface area contributed by atoms with Crippen molar-refractivity contribution in [2.75, 3.05) is 33.9 Å². The lowest BCUT2D eigenvalue weighted by Gasteiger charge is -2.32. The van der Waals surface area contributed by atoms with Crippen molar-refractivity contribution in [2.45, 2.75) is 25.7 Å². The Bertz CT molecular complexity index is 1120. The molecule has 1 aromatic heterocycles. The summed E-state index contributed by atoms with van der Waals surface area (Å²) in [5, 5.41) is 14.7. The molecule has 180 valence electrons. The van der Waals surface area contributed by atoms with Crippen molar-refractivity contribution >= 4 is 6.03 Å². The highest BCUT2D eigenvalue weighted by molar-refractivity contribution is 5.73. The van der Waals surface area contributed by atoms with Crippen LogP contribution in [-0.2, 0) is 0 Å². The normalized spacial score (nSPS) is 14.2. The van der Waals surface area contributed by atoms with Crippen LogP contribution in [0.15, 0.2) is 48.5 Å². The molecule has 1 saturated heterocycles. The Morgan fingerprint density at radius 2 is 1.74 bits per heavy atom. The van der Waals surface area contributed by atoms with Crippen LogP contribution in [0, 0.1) is 5.82 Å². The van der Waals surface area contributed by atoms with Crippen molar-refractivity contribution in [3.63, 3.8) is 0 Å². The Morgan fingerprint density at radius 3 is 2.29 bits per heavy atom. The van der Waals surface area contributed by atoms with E-state index < -0.39 is 6.03 Å². The van der Waals surface area contributed by atoms with E-state index in [-0.39, 0.29) is 11.7 Å². The summed E-state index contributed by atoms with van der Waals surface area (Å²) < 4.78 is 28.4. The summed E-state index contributed by atoms with van der Waals surface area (Å²) in [4.78, 5) is 13.6. The van der Waals surface area contributed by atoms with Gasteiger partial charge in [-0.15, -0.1) is 0 Å². The zero-order valence-electron chi connectivity index (χ0n) is 19.6. The topological polar surface area (TPSA) is 80.1 Å². The molecule has 34 heavy (non-hydrogen) atoms. The van der Waals surface area contributed by atoms with E-state index in [9.17, 15) is 10.0 Å². The fourth-order valence-corrected chi connectivity index (χ4v) is 4.26. The van der Waals surface area contributed by atoms with Gasteiger partial charge in [-0.1, -0.05) is 0 Å². The van der Waals surface area contributed by atoms with Crippen LogP contribution in [0.5, 0.6) is 11.5 Å². The summed E-state index contributed by atoms with van der Waals surface area (Å²) in [6.45, 7) is 3.30. The maximum Gasteiger partial charge on any atom is 0.343 e. The highest BCUT2D eigenvalue weighted by Gasteiger charge is 2.31. The number of rotatable bonds is 6. The molecule has 2 aromatic carbocycles. The molecule has 1 fully saturated rings. The number of urea groups is 1. The van der Waals surface area contributed by atoms with Gasteiger partial charge in [-0.25, -0.2) is 18.9 Å². The predicted octanol–water partition coefficient (Wildman–Crippen LogP) is 4.71. The average molecular weight is 469 g/mol. The maximum absolute atomic E-state index is 16.0. The number of nitrogens with zero attached hydrogens (tertiary/aromatic N) is 4. The van der Waals surface area contributed by atoms with Crippen molar-refractivity contribution in [3.8, 4) is 28.4 Å². The minimum absolute atomic E-state index is 0.144. The molecule has 8 nitrogen and oxygen atoms in total. The third-order valence-corrected chi connectivity index (χ3v) is 6.04. The van der Waals surface area contributed by atoms with Gasteiger partial charge in [0.05, 0.1) is 19.4 Å². The number of aromatic nitrogens is 2. The minimum atomic E-state index is -0.460. The van der Waals surface area contributed by atoms with Crippen LogP contribution in [-0.4, -0.2) is 64.8 Å². The number of ether oxygens (including phenoxy) is 2. The number of hydrogen-bond acceptors (Lipinski definition) is 5. The molecule has 0 radical (unpaired) electrons. The first-order valence-electron chi connectivity index (χ1n) is 11.3. The quantitative estimate of drug-likeness (QED) is 0.419. The SMILES string of the molecule is CCOc1ccc(-c2c(F)c(C3CCN(C(=O)N(C)O)CC3)nn2-c2ccc(OC)cc2)cc1. The molecule has 1 aliphatic heterocycles. The number of benzene rings is 2. The van der Waals surface area contributed by atoms with Crippen LogP contribution >= 0.6 is 0 Å². The molecule has 3 aromatic rings. The minimum Gasteiger partial charge on any atom is -0.497 e. The molecule has 2 amide bonds. The first-order valence-corrected chi connectivity index (χ1v) is 11.3. The number of methoxy groups -OCH3 is 1. The Balaban J connectivity index is 1.70. The molecule has 0 bridgehead atoms.